The Kier molecular flexibility index (Phi) is 5.50. The van der Waals surface area contributed by atoms with Crippen LogP contribution in [0, 0.1) is 0 Å². The van der Waals surface area contributed by atoms with Crippen LogP contribution in [0.4, 0.5) is 5.82 Å². The average molecular weight is 325 g/mol. The molecule has 0 fully saturated rings. The topological polar surface area (TPSA) is 66.9 Å². The summed E-state index contributed by atoms with van der Waals surface area (Å²) in [4.78, 5) is 20.0. The van der Waals surface area contributed by atoms with E-state index in [0.29, 0.717) is 5.56 Å². The van der Waals surface area contributed by atoms with E-state index >= 15 is 0 Å². The van der Waals surface area contributed by atoms with Gasteiger partial charge in [0.2, 0.25) is 0 Å². The monoisotopic (exact) mass is 324 g/mol. The lowest BCUT2D eigenvalue weighted by Crippen LogP contribution is -2.18. The lowest BCUT2D eigenvalue weighted by atomic mass is 10.0. The number of carbonyl (C=O) groups is 1. The summed E-state index contributed by atoms with van der Waals surface area (Å²) in [6.07, 6.45) is 2.00. The first-order valence-electron chi connectivity index (χ1n) is 6.33. The zero-order valence-electron chi connectivity index (χ0n) is 11.4. The first kappa shape index (κ1) is 15.7. The zero-order valence-corrected chi connectivity index (χ0v) is 12.9. The van der Waals surface area contributed by atoms with Crippen molar-refractivity contribution < 1.29 is 4.79 Å². The van der Waals surface area contributed by atoms with Crippen molar-refractivity contribution in [2.45, 2.75) is 6.42 Å². The second kappa shape index (κ2) is 7.36. The van der Waals surface area contributed by atoms with E-state index < -0.39 is 0 Å². The van der Waals surface area contributed by atoms with Crippen LogP contribution < -0.4 is 10.6 Å². The predicted molar refractivity (Wildman–Crippen MR) is 84.1 cm³/mol. The summed E-state index contributed by atoms with van der Waals surface area (Å²) >= 11 is 11.8. The standard InChI is InChI=1S/C14H14Cl2N4O/c1-17-7-6-9-4-2-3-5-10(9)14(21)20-13-11(15)12(16)18-8-19-13/h2-5,8,17H,6-7H2,1H3,(H,18,19,20,21). The SMILES string of the molecule is CNCCc1ccccc1C(=O)Nc1ncnc(Cl)c1Cl. The van der Waals surface area contributed by atoms with E-state index in [1.807, 2.05) is 25.2 Å². The fraction of sp³-hybridized carbons (Fsp3) is 0.214. The van der Waals surface area contributed by atoms with Gasteiger partial charge in [0.25, 0.3) is 5.91 Å². The van der Waals surface area contributed by atoms with Crippen LogP contribution in [-0.4, -0.2) is 29.5 Å². The number of likely N-dealkylation sites (N-methyl/N-ethyl adjacent to an activating group) is 1. The number of hydrogen-bond acceptors (Lipinski definition) is 4. The number of nitrogens with zero attached hydrogens (tertiary/aromatic N) is 2. The Morgan fingerprint density at radius 2 is 2.00 bits per heavy atom. The molecule has 1 aromatic heterocycles. The number of carbonyl (C=O) groups excluding carboxylic acids is 1. The summed E-state index contributed by atoms with van der Waals surface area (Å²) in [5.41, 5.74) is 1.53. The molecular weight excluding hydrogens is 311 g/mol. The maximum Gasteiger partial charge on any atom is 0.257 e. The van der Waals surface area contributed by atoms with E-state index in [0.717, 1.165) is 18.5 Å². The van der Waals surface area contributed by atoms with Crippen molar-refractivity contribution in [3.8, 4) is 0 Å². The lowest BCUT2D eigenvalue weighted by Gasteiger charge is -2.10. The van der Waals surface area contributed by atoms with Crippen molar-refractivity contribution in [1.82, 2.24) is 15.3 Å². The summed E-state index contributed by atoms with van der Waals surface area (Å²) < 4.78 is 0. The van der Waals surface area contributed by atoms with Crippen LogP contribution in [0.1, 0.15) is 15.9 Å². The van der Waals surface area contributed by atoms with Gasteiger partial charge in [-0.25, -0.2) is 9.97 Å². The average Bonchev–Trinajstić information content (AvgIpc) is 2.50. The molecule has 0 aliphatic heterocycles. The number of nitrogens with one attached hydrogen (secondary N) is 2. The first-order chi connectivity index (χ1) is 10.1. The maximum absolute atomic E-state index is 12.4. The Morgan fingerprint density at radius 3 is 2.76 bits per heavy atom. The molecule has 2 rings (SSSR count). The second-order valence-corrected chi connectivity index (χ2v) is 5.03. The quantitative estimate of drug-likeness (QED) is 0.830. The van der Waals surface area contributed by atoms with Gasteiger partial charge >= 0.3 is 0 Å². The zero-order chi connectivity index (χ0) is 15.2. The maximum atomic E-state index is 12.4. The van der Waals surface area contributed by atoms with Gasteiger partial charge in [-0.2, -0.15) is 0 Å². The lowest BCUT2D eigenvalue weighted by molar-refractivity contribution is 0.102. The molecule has 0 spiro atoms. The molecule has 1 heterocycles. The molecule has 0 saturated heterocycles. The molecule has 5 nitrogen and oxygen atoms in total. The minimum absolute atomic E-state index is 0.102. The second-order valence-electron chi connectivity index (χ2n) is 4.29. The number of aromatic nitrogens is 2. The summed E-state index contributed by atoms with van der Waals surface area (Å²) in [5.74, 6) is -0.0801. The van der Waals surface area contributed by atoms with E-state index in [4.69, 9.17) is 23.2 Å². The van der Waals surface area contributed by atoms with Gasteiger partial charge in [0.15, 0.2) is 11.0 Å². The number of amides is 1. The molecule has 0 unspecified atom stereocenters. The van der Waals surface area contributed by atoms with Crippen LogP contribution in [0.25, 0.3) is 0 Å². The van der Waals surface area contributed by atoms with Gasteiger partial charge in [-0.15, -0.1) is 0 Å². The van der Waals surface area contributed by atoms with Crippen LogP contribution in [0.15, 0.2) is 30.6 Å². The number of benzene rings is 1. The van der Waals surface area contributed by atoms with Gasteiger partial charge in [-0.05, 0) is 31.6 Å². The van der Waals surface area contributed by atoms with Crippen molar-refractivity contribution in [3.63, 3.8) is 0 Å². The summed E-state index contributed by atoms with van der Waals surface area (Å²) in [6.45, 7) is 0.782. The molecule has 21 heavy (non-hydrogen) atoms. The highest BCUT2D eigenvalue weighted by Crippen LogP contribution is 2.26. The van der Waals surface area contributed by atoms with E-state index in [2.05, 4.69) is 20.6 Å². The highest BCUT2D eigenvalue weighted by molar-refractivity contribution is 6.43. The van der Waals surface area contributed by atoms with Gasteiger partial charge in [-0.1, -0.05) is 41.4 Å². The summed E-state index contributed by atoms with van der Waals surface area (Å²) in [5, 5.41) is 5.94. The van der Waals surface area contributed by atoms with Gasteiger partial charge in [0, 0.05) is 5.56 Å². The van der Waals surface area contributed by atoms with Crippen molar-refractivity contribution in [1.29, 1.82) is 0 Å². The molecule has 110 valence electrons. The largest absolute Gasteiger partial charge is 0.319 e. The fourth-order valence-corrected chi connectivity index (χ4v) is 2.11. The van der Waals surface area contributed by atoms with Crippen LogP contribution in [0.3, 0.4) is 0 Å². The van der Waals surface area contributed by atoms with Crippen LogP contribution in [0.2, 0.25) is 10.2 Å². The van der Waals surface area contributed by atoms with Crippen molar-refractivity contribution in [3.05, 3.63) is 51.9 Å². The Balaban J connectivity index is 2.22. The number of halogens is 2. The predicted octanol–water partition coefficient (Wildman–Crippen LogP) is 2.80. The van der Waals surface area contributed by atoms with Gasteiger partial charge in [0.05, 0.1) is 0 Å². The minimum Gasteiger partial charge on any atom is -0.319 e. The third-order valence-corrected chi connectivity index (χ3v) is 3.63. The van der Waals surface area contributed by atoms with Crippen LogP contribution in [-0.2, 0) is 6.42 Å². The summed E-state index contributed by atoms with van der Waals surface area (Å²) in [7, 11) is 1.87. The van der Waals surface area contributed by atoms with Gasteiger partial charge in [0.1, 0.15) is 11.3 Å². The van der Waals surface area contributed by atoms with E-state index in [9.17, 15) is 4.79 Å². The van der Waals surface area contributed by atoms with Crippen LogP contribution >= 0.6 is 23.2 Å². The number of hydrogen-bond donors (Lipinski definition) is 2. The highest BCUT2D eigenvalue weighted by atomic mass is 35.5. The van der Waals surface area contributed by atoms with E-state index in [1.54, 1.807) is 6.07 Å². The third kappa shape index (κ3) is 3.91. The Bertz CT molecular complexity index is 649. The molecule has 0 atom stereocenters. The third-order valence-electron chi connectivity index (χ3n) is 2.89. The Morgan fingerprint density at radius 1 is 1.24 bits per heavy atom. The fourth-order valence-electron chi connectivity index (χ4n) is 1.83. The normalized spacial score (nSPS) is 10.4. The van der Waals surface area contributed by atoms with Crippen molar-refractivity contribution in [2.75, 3.05) is 18.9 Å². The smallest absolute Gasteiger partial charge is 0.257 e. The van der Waals surface area contributed by atoms with E-state index in [1.165, 1.54) is 6.33 Å². The van der Waals surface area contributed by atoms with Crippen LogP contribution in [0.5, 0.6) is 0 Å². The number of rotatable bonds is 5. The van der Waals surface area contributed by atoms with Gasteiger partial charge in [-0.3, -0.25) is 4.79 Å². The molecule has 0 aliphatic carbocycles. The molecule has 1 aromatic carbocycles. The molecule has 7 heteroatoms. The molecule has 0 bridgehead atoms. The molecular formula is C14H14Cl2N4O. The molecule has 0 aliphatic rings. The van der Waals surface area contributed by atoms with E-state index in [-0.39, 0.29) is 21.9 Å². The minimum atomic E-state index is -0.279. The molecule has 0 saturated carbocycles. The molecule has 2 aromatic rings. The molecule has 1 amide bonds. The van der Waals surface area contributed by atoms with Crippen molar-refractivity contribution in [2.24, 2.45) is 0 Å². The van der Waals surface area contributed by atoms with Crippen molar-refractivity contribution >= 4 is 34.9 Å². The van der Waals surface area contributed by atoms with Gasteiger partial charge < -0.3 is 10.6 Å². The summed E-state index contributed by atoms with van der Waals surface area (Å²) in [6, 6.07) is 7.39. The Labute approximate surface area is 132 Å². The first-order valence-corrected chi connectivity index (χ1v) is 7.09. The highest BCUT2D eigenvalue weighted by Gasteiger charge is 2.14. The Hall–Kier alpha value is -1.69. The molecule has 2 N–H and O–H groups in total. The molecule has 0 radical (unpaired) electrons. The number of anilines is 1.